The molecule has 0 saturated heterocycles. The van der Waals surface area contributed by atoms with E-state index in [1.807, 2.05) is 0 Å². The minimum atomic E-state index is -0.536. The van der Waals surface area contributed by atoms with Crippen molar-refractivity contribution < 1.29 is 14.1 Å². The van der Waals surface area contributed by atoms with E-state index in [0.717, 1.165) is 0 Å². The molecule has 0 radical (unpaired) electrons. The number of carbonyl (C=O) groups is 1. The summed E-state index contributed by atoms with van der Waals surface area (Å²) in [5.41, 5.74) is 0.186. The first-order valence-corrected chi connectivity index (χ1v) is 6.56. The highest BCUT2D eigenvalue weighted by atomic mass is 79.9. The molecule has 1 amide bonds. The Labute approximate surface area is 124 Å². The molecule has 98 valence electrons. The van der Waals surface area contributed by atoms with Gasteiger partial charge in [0, 0.05) is 16.6 Å². The van der Waals surface area contributed by atoms with Crippen molar-refractivity contribution in [1.29, 1.82) is 0 Å². The number of furan rings is 1. The average molecular weight is 390 g/mol. The Morgan fingerprint density at radius 3 is 2.58 bits per heavy atom. The summed E-state index contributed by atoms with van der Waals surface area (Å²) in [5.74, 6) is -0.392. The van der Waals surface area contributed by atoms with E-state index in [9.17, 15) is 14.9 Å². The van der Waals surface area contributed by atoms with Gasteiger partial charge >= 0.3 is 0 Å². The molecule has 2 aromatic rings. The van der Waals surface area contributed by atoms with Gasteiger partial charge in [-0.15, -0.1) is 0 Å². The highest BCUT2D eigenvalue weighted by Gasteiger charge is 2.15. The van der Waals surface area contributed by atoms with E-state index in [4.69, 9.17) is 4.42 Å². The molecule has 0 aliphatic heterocycles. The third-order valence-corrected chi connectivity index (χ3v) is 3.32. The number of nitro groups is 1. The number of non-ortho nitro benzene ring substituents is 1. The molecule has 0 unspecified atom stereocenters. The van der Waals surface area contributed by atoms with Crippen molar-refractivity contribution in [3.63, 3.8) is 0 Å². The second-order valence-corrected chi connectivity index (χ2v) is 5.12. The van der Waals surface area contributed by atoms with Crippen LogP contribution in [0.2, 0.25) is 0 Å². The van der Waals surface area contributed by atoms with E-state index >= 15 is 0 Å². The van der Waals surface area contributed by atoms with Crippen molar-refractivity contribution in [2.75, 3.05) is 5.32 Å². The summed E-state index contributed by atoms with van der Waals surface area (Å²) in [6.07, 6.45) is 0. The van der Waals surface area contributed by atoms with Crippen LogP contribution < -0.4 is 5.32 Å². The third-order valence-electron chi connectivity index (χ3n) is 2.21. The molecule has 0 aliphatic rings. The number of nitrogens with zero attached hydrogens (tertiary/aromatic N) is 1. The lowest BCUT2D eigenvalue weighted by molar-refractivity contribution is -0.384. The van der Waals surface area contributed by atoms with E-state index in [1.165, 1.54) is 24.3 Å². The van der Waals surface area contributed by atoms with Crippen molar-refractivity contribution in [3.8, 4) is 0 Å². The Hall–Kier alpha value is -1.67. The van der Waals surface area contributed by atoms with Crippen LogP contribution in [-0.4, -0.2) is 10.8 Å². The molecule has 6 nitrogen and oxygen atoms in total. The van der Waals surface area contributed by atoms with Gasteiger partial charge in [-0.05, 0) is 50.1 Å². The normalized spacial score (nSPS) is 10.2. The largest absolute Gasteiger partial charge is 0.444 e. The molecule has 0 fully saturated rings. The lowest BCUT2D eigenvalue weighted by atomic mass is 10.2. The van der Waals surface area contributed by atoms with Crippen molar-refractivity contribution >= 4 is 49.1 Å². The number of hydrogen-bond acceptors (Lipinski definition) is 4. The number of hydrogen-bond donors (Lipinski definition) is 1. The zero-order valence-corrected chi connectivity index (χ0v) is 12.4. The SMILES string of the molecule is O=C(Nc1cc([N+](=O)[O-])ccc1Br)c1ccc(Br)o1. The van der Waals surface area contributed by atoms with Crippen LogP contribution in [0.3, 0.4) is 0 Å². The molecule has 1 N–H and O–H groups in total. The number of nitro benzene ring substituents is 1. The Morgan fingerprint density at radius 1 is 1.26 bits per heavy atom. The standard InChI is InChI=1S/C11H6Br2N2O4/c12-7-2-1-6(15(17)18)5-8(7)14-11(16)9-3-4-10(13)19-9/h1-5H,(H,14,16). The Morgan fingerprint density at radius 2 is 2.00 bits per heavy atom. The Bertz CT molecular complexity index is 654. The molecule has 0 saturated carbocycles. The molecule has 1 heterocycles. The van der Waals surface area contributed by atoms with Crippen molar-refractivity contribution in [2.24, 2.45) is 0 Å². The van der Waals surface area contributed by atoms with Gasteiger partial charge in [0.15, 0.2) is 10.4 Å². The molecular formula is C11H6Br2N2O4. The number of benzene rings is 1. The number of rotatable bonds is 3. The van der Waals surface area contributed by atoms with Crippen LogP contribution in [0.15, 0.2) is 43.9 Å². The fraction of sp³-hybridized carbons (Fsp3) is 0. The van der Waals surface area contributed by atoms with Gasteiger partial charge in [-0.3, -0.25) is 14.9 Å². The molecule has 1 aromatic heterocycles. The van der Waals surface area contributed by atoms with Crippen molar-refractivity contribution in [3.05, 3.63) is 55.3 Å². The zero-order chi connectivity index (χ0) is 14.0. The second kappa shape index (κ2) is 5.54. The summed E-state index contributed by atoms with van der Waals surface area (Å²) in [6, 6.07) is 7.16. The first kappa shape index (κ1) is 13.8. The van der Waals surface area contributed by atoms with E-state index in [2.05, 4.69) is 37.2 Å². The van der Waals surface area contributed by atoms with Gasteiger partial charge in [-0.1, -0.05) is 0 Å². The molecule has 0 bridgehead atoms. The lowest BCUT2D eigenvalue weighted by Gasteiger charge is -2.05. The summed E-state index contributed by atoms with van der Waals surface area (Å²) in [7, 11) is 0. The summed E-state index contributed by atoms with van der Waals surface area (Å²) in [5, 5.41) is 13.2. The molecule has 8 heteroatoms. The summed E-state index contributed by atoms with van der Waals surface area (Å²) >= 11 is 6.29. The smallest absolute Gasteiger partial charge is 0.291 e. The molecule has 2 rings (SSSR count). The van der Waals surface area contributed by atoms with Crippen LogP contribution in [0.1, 0.15) is 10.6 Å². The minimum absolute atomic E-state index is 0.102. The number of carbonyl (C=O) groups excluding carboxylic acids is 1. The van der Waals surface area contributed by atoms with Crippen LogP contribution >= 0.6 is 31.9 Å². The van der Waals surface area contributed by atoms with Gasteiger partial charge in [0.25, 0.3) is 11.6 Å². The predicted octanol–water partition coefficient (Wildman–Crippen LogP) is 3.97. The third kappa shape index (κ3) is 3.21. The van der Waals surface area contributed by atoms with Gasteiger partial charge in [-0.25, -0.2) is 0 Å². The maximum absolute atomic E-state index is 11.8. The van der Waals surface area contributed by atoms with Gasteiger partial charge < -0.3 is 9.73 Å². The maximum Gasteiger partial charge on any atom is 0.291 e. The van der Waals surface area contributed by atoms with Crippen LogP contribution in [0.5, 0.6) is 0 Å². The van der Waals surface area contributed by atoms with E-state index in [-0.39, 0.29) is 11.4 Å². The average Bonchev–Trinajstić information content (AvgIpc) is 2.78. The molecular weight excluding hydrogens is 384 g/mol. The van der Waals surface area contributed by atoms with Crippen LogP contribution in [0, 0.1) is 10.1 Å². The number of nitrogens with one attached hydrogen (secondary N) is 1. The zero-order valence-electron chi connectivity index (χ0n) is 9.22. The summed E-state index contributed by atoms with van der Waals surface area (Å²) < 4.78 is 6.06. The lowest BCUT2D eigenvalue weighted by Crippen LogP contribution is -2.11. The number of amides is 1. The number of halogens is 2. The summed E-state index contributed by atoms with van der Waals surface area (Å²) in [4.78, 5) is 22.0. The highest BCUT2D eigenvalue weighted by Crippen LogP contribution is 2.27. The second-order valence-electron chi connectivity index (χ2n) is 3.48. The topological polar surface area (TPSA) is 85.4 Å². The molecule has 1 aromatic carbocycles. The molecule has 0 atom stereocenters. The Balaban J connectivity index is 2.25. The van der Waals surface area contributed by atoms with Gasteiger partial charge in [0.1, 0.15) is 0 Å². The van der Waals surface area contributed by atoms with Crippen LogP contribution in [0.4, 0.5) is 11.4 Å². The Kier molecular flexibility index (Phi) is 4.01. The summed E-state index contributed by atoms with van der Waals surface area (Å²) in [6.45, 7) is 0. The minimum Gasteiger partial charge on any atom is -0.444 e. The fourth-order valence-corrected chi connectivity index (χ4v) is 2.00. The van der Waals surface area contributed by atoms with Gasteiger partial charge in [0.2, 0.25) is 0 Å². The molecule has 19 heavy (non-hydrogen) atoms. The van der Waals surface area contributed by atoms with Crippen LogP contribution in [-0.2, 0) is 0 Å². The van der Waals surface area contributed by atoms with Gasteiger partial charge in [-0.2, -0.15) is 0 Å². The van der Waals surface area contributed by atoms with Crippen LogP contribution in [0.25, 0.3) is 0 Å². The number of anilines is 1. The maximum atomic E-state index is 11.8. The monoisotopic (exact) mass is 388 g/mol. The quantitative estimate of drug-likeness (QED) is 0.635. The van der Waals surface area contributed by atoms with E-state index in [1.54, 1.807) is 6.07 Å². The van der Waals surface area contributed by atoms with E-state index < -0.39 is 10.8 Å². The van der Waals surface area contributed by atoms with E-state index in [0.29, 0.717) is 14.8 Å². The van der Waals surface area contributed by atoms with Crippen molar-refractivity contribution in [1.82, 2.24) is 0 Å². The highest BCUT2D eigenvalue weighted by molar-refractivity contribution is 9.10. The first-order chi connectivity index (χ1) is 8.97. The fourth-order valence-electron chi connectivity index (χ4n) is 1.34. The predicted molar refractivity (Wildman–Crippen MR) is 75.2 cm³/mol. The molecule has 0 spiro atoms. The van der Waals surface area contributed by atoms with Crippen molar-refractivity contribution in [2.45, 2.75) is 0 Å². The molecule has 0 aliphatic carbocycles. The van der Waals surface area contributed by atoms with Gasteiger partial charge in [0.05, 0.1) is 10.6 Å². The first-order valence-electron chi connectivity index (χ1n) is 4.98.